The highest BCUT2D eigenvalue weighted by atomic mass is 35.5. The first-order valence-electron chi connectivity index (χ1n) is 15.7. The maximum Gasteiger partial charge on any atom is 0.311 e. The van der Waals surface area contributed by atoms with Gasteiger partial charge in [-0.25, -0.2) is 0 Å². The number of halogens is 1. The van der Waals surface area contributed by atoms with Crippen LogP contribution < -0.4 is 19.7 Å². The van der Waals surface area contributed by atoms with Crippen molar-refractivity contribution in [3.63, 3.8) is 0 Å². The summed E-state index contributed by atoms with van der Waals surface area (Å²) < 4.78 is 18.2. The van der Waals surface area contributed by atoms with Crippen LogP contribution in [-0.4, -0.2) is 30.6 Å². The van der Waals surface area contributed by atoms with Crippen molar-refractivity contribution in [2.24, 2.45) is 5.92 Å². The zero-order valence-electron chi connectivity index (χ0n) is 26.8. The molecule has 8 heteroatoms. The van der Waals surface area contributed by atoms with E-state index in [4.69, 9.17) is 25.8 Å². The van der Waals surface area contributed by atoms with Gasteiger partial charge >= 0.3 is 5.97 Å². The standard InChI is InChI=1S/C38H41ClN2O5/c1-5-40-36(42)34-33(45-25-27-14-10-7-11-15-27)22-32-31(35(34)39)21-16-28(37(43)46-38(2,3)4)23-41(32)29-17-19-30(20-18-29)44-24-26-12-8-6-9-13-26/h6-15,17-20,22,28H,5,16,21,23-25H2,1-4H3,(H,40,42). The molecule has 1 heterocycles. The third-order valence-corrected chi connectivity index (χ3v) is 8.10. The molecule has 0 fully saturated rings. The van der Waals surface area contributed by atoms with Crippen molar-refractivity contribution < 1.29 is 23.8 Å². The third kappa shape index (κ3) is 8.20. The molecule has 0 spiro atoms. The van der Waals surface area contributed by atoms with E-state index < -0.39 is 11.5 Å². The zero-order valence-corrected chi connectivity index (χ0v) is 27.6. The molecule has 4 aromatic rings. The summed E-state index contributed by atoms with van der Waals surface area (Å²) in [5.41, 5.74) is 4.12. The normalized spacial score (nSPS) is 14.5. The molecule has 46 heavy (non-hydrogen) atoms. The van der Waals surface area contributed by atoms with Gasteiger partial charge in [0.1, 0.15) is 35.9 Å². The van der Waals surface area contributed by atoms with Crippen molar-refractivity contribution in [2.75, 3.05) is 18.0 Å². The maximum atomic E-state index is 13.4. The van der Waals surface area contributed by atoms with E-state index in [0.29, 0.717) is 48.9 Å². The van der Waals surface area contributed by atoms with E-state index >= 15 is 0 Å². The summed E-state index contributed by atoms with van der Waals surface area (Å²) in [6.45, 7) is 8.98. The molecule has 0 saturated heterocycles. The number of ether oxygens (including phenoxy) is 3. The van der Waals surface area contributed by atoms with Crippen LogP contribution in [0.5, 0.6) is 11.5 Å². The summed E-state index contributed by atoms with van der Waals surface area (Å²) in [5.74, 6) is 0.0924. The van der Waals surface area contributed by atoms with Crippen LogP contribution in [-0.2, 0) is 29.2 Å². The monoisotopic (exact) mass is 640 g/mol. The van der Waals surface area contributed by atoms with Crippen molar-refractivity contribution in [1.29, 1.82) is 0 Å². The van der Waals surface area contributed by atoms with Crippen molar-refractivity contribution in [3.05, 3.63) is 118 Å². The topological polar surface area (TPSA) is 77.1 Å². The van der Waals surface area contributed by atoms with Gasteiger partial charge in [0.15, 0.2) is 0 Å². The second-order valence-corrected chi connectivity index (χ2v) is 12.7. The lowest BCUT2D eigenvalue weighted by molar-refractivity contribution is -0.159. The first-order valence-corrected chi connectivity index (χ1v) is 16.1. The Balaban J connectivity index is 1.54. The average Bonchev–Trinajstić information content (AvgIpc) is 3.24. The van der Waals surface area contributed by atoms with E-state index in [-0.39, 0.29) is 18.5 Å². The van der Waals surface area contributed by atoms with Gasteiger partial charge in [-0.15, -0.1) is 0 Å². The summed E-state index contributed by atoms with van der Waals surface area (Å²) in [7, 11) is 0. The molecule has 1 unspecified atom stereocenters. The lowest BCUT2D eigenvalue weighted by Crippen LogP contribution is -2.34. The molecule has 4 aromatic carbocycles. The second-order valence-electron chi connectivity index (χ2n) is 12.3. The van der Waals surface area contributed by atoms with Crippen molar-refractivity contribution in [1.82, 2.24) is 5.32 Å². The van der Waals surface area contributed by atoms with Gasteiger partial charge in [0, 0.05) is 30.5 Å². The van der Waals surface area contributed by atoms with Crippen molar-refractivity contribution in [2.45, 2.75) is 59.4 Å². The molecular formula is C38H41ClN2O5. The van der Waals surface area contributed by atoms with Crippen LogP contribution >= 0.6 is 11.6 Å². The lowest BCUT2D eigenvalue weighted by Gasteiger charge is -2.30. The minimum atomic E-state index is -0.625. The number of fused-ring (bicyclic) bond motifs is 1. The van der Waals surface area contributed by atoms with Crippen LogP contribution in [0.4, 0.5) is 11.4 Å². The Morgan fingerprint density at radius 1 is 0.891 bits per heavy atom. The fourth-order valence-electron chi connectivity index (χ4n) is 5.46. The molecule has 0 bridgehead atoms. The van der Waals surface area contributed by atoms with Gasteiger partial charge < -0.3 is 24.4 Å². The fourth-order valence-corrected chi connectivity index (χ4v) is 5.83. The van der Waals surface area contributed by atoms with E-state index in [1.165, 1.54) is 0 Å². The highest BCUT2D eigenvalue weighted by molar-refractivity contribution is 6.35. The number of carbonyl (C=O) groups excluding carboxylic acids is 2. The molecule has 1 atom stereocenters. The molecule has 240 valence electrons. The Kier molecular flexibility index (Phi) is 10.5. The minimum Gasteiger partial charge on any atom is -0.489 e. The summed E-state index contributed by atoms with van der Waals surface area (Å²) in [5, 5.41) is 3.21. The highest BCUT2D eigenvalue weighted by Crippen LogP contribution is 2.44. The highest BCUT2D eigenvalue weighted by Gasteiger charge is 2.34. The van der Waals surface area contributed by atoms with E-state index in [0.717, 1.165) is 33.8 Å². The molecule has 7 nitrogen and oxygen atoms in total. The van der Waals surface area contributed by atoms with Gasteiger partial charge in [0.05, 0.1) is 10.9 Å². The number of esters is 1. The first kappa shape index (κ1) is 32.9. The number of nitrogens with one attached hydrogen (secondary N) is 1. The summed E-state index contributed by atoms with van der Waals surface area (Å²) >= 11 is 7.12. The minimum absolute atomic E-state index is 0.260. The number of hydrogen-bond acceptors (Lipinski definition) is 6. The van der Waals surface area contributed by atoms with Crippen LogP contribution in [0.15, 0.2) is 91.0 Å². The SMILES string of the molecule is CCNC(=O)c1c(OCc2ccccc2)cc2c(c1Cl)CCC(C(=O)OC(C)(C)C)CN2c1ccc(OCc2ccccc2)cc1. The van der Waals surface area contributed by atoms with Crippen molar-refractivity contribution >= 4 is 34.9 Å². The predicted molar refractivity (Wildman–Crippen MR) is 182 cm³/mol. The number of nitrogens with zero attached hydrogens (tertiary/aromatic N) is 1. The van der Waals surface area contributed by atoms with Crippen LogP contribution in [0.3, 0.4) is 0 Å². The number of hydrogen-bond donors (Lipinski definition) is 1. The van der Waals surface area contributed by atoms with Crippen LogP contribution in [0.2, 0.25) is 5.02 Å². The van der Waals surface area contributed by atoms with Crippen LogP contribution in [0.25, 0.3) is 0 Å². The Morgan fingerprint density at radius 3 is 2.09 bits per heavy atom. The van der Waals surface area contributed by atoms with Gasteiger partial charge in [-0.3, -0.25) is 9.59 Å². The van der Waals surface area contributed by atoms with Crippen LogP contribution in [0, 0.1) is 5.92 Å². The number of amides is 1. The molecule has 0 saturated carbocycles. The molecular weight excluding hydrogens is 600 g/mol. The lowest BCUT2D eigenvalue weighted by atomic mass is 9.98. The van der Waals surface area contributed by atoms with E-state index in [2.05, 4.69) is 10.2 Å². The van der Waals surface area contributed by atoms with Crippen molar-refractivity contribution in [3.8, 4) is 11.5 Å². The number of carbonyl (C=O) groups is 2. The van der Waals surface area contributed by atoms with Gasteiger partial charge in [0.2, 0.25) is 0 Å². The summed E-state index contributed by atoms with van der Waals surface area (Å²) in [6.07, 6.45) is 0.994. The van der Waals surface area contributed by atoms with Gasteiger partial charge in [-0.1, -0.05) is 72.3 Å². The Bertz CT molecular complexity index is 1640. The molecule has 1 N–H and O–H groups in total. The van der Waals surface area contributed by atoms with E-state index in [9.17, 15) is 9.59 Å². The second kappa shape index (κ2) is 14.7. The largest absolute Gasteiger partial charge is 0.489 e. The fraction of sp³-hybridized carbons (Fsp3) is 0.316. The number of benzene rings is 4. The molecule has 0 aliphatic carbocycles. The van der Waals surface area contributed by atoms with E-state index in [1.54, 1.807) is 0 Å². The third-order valence-electron chi connectivity index (χ3n) is 7.68. The molecule has 0 aromatic heterocycles. The Labute approximate surface area is 276 Å². The molecule has 1 aliphatic rings. The first-order chi connectivity index (χ1) is 22.1. The van der Waals surface area contributed by atoms with E-state index in [1.807, 2.05) is 119 Å². The Hall–Kier alpha value is -4.49. The number of rotatable bonds is 10. The number of anilines is 2. The summed E-state index contributed by atoms with van der Waals surface area (Å²) in [6, 6.07) is 29.4. The molecule has 5 rings (SSSR count). The zero-order chi connectivity index (χ0) is 32.7. The maximum absolute atomic E-state index is 13.4. The molecule has 1 aliphatic heterocycles. The van der Waals surface area contributed by atoms with Gasteiger partial charge in [0.25, 0.3) is 5.91 Å². The average molecular weight is 641 g/mol. The quantitative estimate of drug-likeness (QED) is 0.176. The van der Waals surface area contributed by atoms with Gasteiger partial charge in [-0.05, 0) is 81.5 Å². The van der Waals surface area contributed by atoms with Crippen LogP contribution in [0.1, 0.15) is 61.2 Å². The Morgan fingerprint density at radius 2 is 1.50 bits per heavy atom. The predicted octanol–water partition coefficient (Wildman–Crippen LogP) is 8.29. The smallest absolute Gasteiger partial charge is 0.311 e. The molecule has 0 radical (unpaired) electrons. The summed E-state index contributed by atoms with van der Waals surface area (Å²) in [4.78, 5) is 28.9. The molecule has 1 amide bonds. The van der Waals surface area contributed by atoms with Gasteiger partial charge in [-0.2, -0.15) is 0 Å².